The highest BCUT2D eigenvalue weighted by atomic mass is 19.1. The number of carbonyl (C=O) groups is 1. The molecule has 0 spiro atoms. The minimum absolute atomic E-state index is 0.122. The van der Waals surface area contributed by atoms with E-state index >= 15 is 0 Å². The van der Waals surface area contributed by atoms with Gasteiger partial charge in [0.25, 0.3) is 0 Å². The average Bonchev–Trinajstić information content (AvgIpc) is 2.80. The SMILES string of the molecule is CCCN(CCCc1c[nH]c2ccc(F)cc12)C(C)=O. The van der Waals surface area contributed by atoms with Crippen molar-refractivity contribution in [1.29, 1.82) is 0 Å². The Bertz CT molecular complexity index is 591. The third kappa shape index (κ3) is 3.38. The molecule has 0 saturated heterocycles. The summed E-state index contributed by atoms with van der Waals surface area (Å²) in [5.74, 6) is -0.0912. The summed E-state index contributed by atoms with van der Waals surface area (Å²) in [6.45, 7) is 5.23. The lowest BCUT2D eigenvalue weighted by Crippen LogP contribution is -2.30. The summed E-state index contributed by atoms with van der Waals surface area (Å²) < 4.78 is 13.3. The van der Waals surface area contributed by atoms with Gasteiger partial charge in [0.05, 0.1) is 0 Å². The molecule has 1 aromatic heterocycles. The number of nitrogens with one attached hydrogen (secondary N) is 1. The van der Waals surface area contributed by atoms with Crippen molar-refractivity contribution >= 4 is 16.8 Å². The first-order valence-electron chi connectivity index (χ1n) is 7.13. The maximum Gasteiger partial charge on any atom is 0.219 e. The van der Waals surface area contributed by atoms with Crippen molar-refractivity contribution in [2.24, 2.45) is 0 Å². The molecule has 0 unspecified atom stereocenters. The van der Waals surface area contributed by atoms with E-state index < -0.39 is 0 Å². The van der Waals surface area contributed by atoms with Gasteiger partial charge in [-0.3, -0.25) is 4.79 Å². The molecule has 0 aliphatic rings. The van der Waals surface area contributed by atoms with Crippen LogP contribution in [0.2, 0.25) is 0 Å². The molecular weight excluding hydrogens is 255 g/mol. The van der Waals surface area contributed by atoms with Crippen LogP contribution in [0, 0.1) is 5.82 Å². The number of aromatic amines is 1. The van der Waals surface area contributed by atoms with E-state index in [4.69, 9.17) is 0 Å². The van der Waals surface area contributed by atoms with Gasteiger partial charge in [0.15, 0.2) is 0 Å². The van der Waals surface area contributed by atoms with Crippen LogP contribution in [0.15, 0.2) is 24.4 Å². The van der Waals surface area contributed by atoms with E-state index in [9.17, 15) is 9.18 Å². The maximum atomic E-state index is 13.3. The summed E-state index contributed by atoms with van der Waals surface area (Å²) >= 11 is 0. The first kappa shape index (κ1) is 14.6. The molecule has 2 aromatic rings. The van der Waals surface area contributed by atoms with E-state index in [2.05, 4.69) is 11.9 Å². The zero-order chi connectivity index (χ0) is 14.5. The molecule has 0 bridgehead atoms. The Morgan fingerprint density at radius 1 is 1.35 bits per heavy atom. The van der Waals surface area contributed by atoms with Gasteiger partial charge >= 0.3 is 0 Å². The summed E-state index contributed by atoms with van der Waals surface area (Å²) in [4.78, 5) is 16.5. The van der Waals surface area contributed by atoms with E-state index in [-0.39, 0.29) is 11.7 Å². The molecule has 108 valence electrons. The fourth-order valence-corrected chi connectivity index (χ4v) is 2.51. The van der Waals surface area contributed by atoms with Gasteiger partial charge in [-0.15, -0.1) is 0 Å². The van der Waals surface area contributed by atoms with Crippen molar-refractivity contribution in [2.45, 2.75) is 33.1 Å². The van der Waals surface area contributed by atoms with Crippen molar-refractivity contribution in [2.75, 3.05) is 13.1 Å². The van der Waals surface area contributed by atoms with Crippen molar-refractivity contribution in [3.63, 3.8) is 0 Å². The minimum atomic E-state index is -0.213. The number of benzene rings is 1. The standard InChI is InChI=1S/C16H21FN2O/c1-3-8-19(12(2)20)9-4-5-13-11-18-16-7-6-14(17)10-15(13)16/h6-7,10-11,18H,3-5,8-9H2,1-2H3. The molecule has 0 aliphatic carbocycles. The number of aryl methyl sites for hydroxylation is 1. The van der Waals surface area contributed by atoms with Crippen molar-refractivity contribution < 1.29 is 9.18 Å². The molecule has 2 rings (SSSR count). The Balaban J connectivity index is 1.99. The fourth-order valence-electron chi connectivity index (χ4n) is 2.51. The Labute approximate surface area is 118 Å². The lowest BCUT2D eigenvalue weighted by molar-refractivity contribution is -0.128. The highest BCUT2D eigenvalue weighted by molar-refractivity contribution is 5.83. The monoisotopic (exact) mass is 276 g/mol. The normalized spacial score (nSPS) is 10.9. The first-order chi connectivity index (χ1) is 9.61. The van der Waals surface area contributed by atoms with Gasteiger partial charge in [-0.25, -0.2) is 4.39 Å². The number of hydrogen-bond acceptors (Lipinski definition) is 1. The number of rotatable bonds is 6. The number of carbonyl (C=O) groups excluding carboxylic acids is 1. The predicted molar refractivity (Wildman–Crippen MR) is 79.1 cm³/mol. The molecule has 0 saturated carbocycles. The van der Waals surface area contributed by atoms with Gasteiger partial charge in [0.1, 0.15) is 5.82 Å². The fraction of sp³-hybridized carbons (Fsp3) is 0.438. The second kappa shape index (κ2) is 6.55. The number of amides is 1. The van der Waals surface area contributed by atoms with Crippen molar-refractivity contribution in [3.8, 4) is 0 Å². The molecule has 1 amide bonds. The molecule has 4 heteroatoms. The van der Waals surface area contributed by atoms with Crippen LogP contribution in [0.5, 0.6) is 0 Å². The van der Waals surface area contributed by atoms with E-state index in [1.54, 1.807) is 19.1 Å². The molecule has 1 aromatic carbocycles. The zero-order valence-electron chi connectivity index (χ0n) is 12.1. The molecule has 1 heterocycles. The lowest BCUT2D eigenvalue weighted by Gasteiger charge is -2.19. The van der Waals surface area contributed by atoms with Crippen LogP contribution in [0.4, 0.5) is 4.39 Å². The van der Waals surface area contributed by atoms with Gasteiger partial charge in [-0.1, -0.05) is 6.92 Å². The lowest BCUT2D eigenvalue weighted by atomic mass is 10.1. The molecule has 0 radical (unpaired) electrons. The number of hydrogen-bond donors (Lipinski definition) is 1. The maximum absolute atomic E-state index is 13.3. The number of halogens is 1. The zero-order valence-corrected chi connectivity index (χ0v) is 12.1. The topological polar surface area (TPSA) is 36.1 Å². The highest BCUT2D eigenvalue weighted by Crippen LogP contribution is 2.20. The van der Waals surface area contributed by atoms with Crippen LogP contribution in [0.25, 0.3) is 10.9 Å². The number of fused-ring (bicyclic) bond motifs is 1. The summed E-state index contributed by atoms with van der Waals surface area (Å²) in [7, 11) is 0. The van der Waals surface area contributed by atoms with E-state index in [1.807, 2.05) is 11.1 Å². The second-order valence-electron chi connectivity index (χ2n) is 5.11. The van der Waals surface area contributed by atoms with Gasteiger partial charge in [0.2, 0.25) is 5.91 Å². The van der Waals surface area contributed by atoms with Crippen LogP contribution < -0.4 is 0 Å². The number of nitrogens with zero attached hydrogens (tertiary/aromatic N) is 1. The molecule has 20 heavy (non-hydrogen) atoms. The molecular formula is C16H21FN2O. The third-order valence-corrected chi connectivity index (χ3v) is 3.54. The van der Waals surface area contributed by atoms with Crippen molar-refractivity contribution in [3.05, 3.63) is 35.8 Å². The van der Waals surface area contributed by atoms with E-state index in [0.717, 1.165) is 48.8 Å². The van der Waals surface area contributed by atoms with Gasteiger partial charge in [-0.05, 0) is 43.0 Å². The van der Waals surface area contributed by atoms with Crippen LogP contribution in [-0.4, -0.2) is 28.9 Å². The highest BCUT2D eigenvalue weighted by Gasteiger charge is 2.09. The summed E-state index contributed by atoms with van der Waals surface area (Å²) in [6.07, 6.45) is 4.64. The largest absolute Gasteiger partial charge is 0.361 e. The molecule has 0 fully saturated rings. The van der Waals surface area contributed by atoms with Crippen LogP contribution in [0.3, 0.4) is 0 Å². The summed E-state index contributed by atoms with van der Waals surface area (Å²) in [6, 6.07) is 4.78. The van der Waals surface area contributed by atoms with Crippen molar-refractivity contribution in [1.82, 2.24) is 9.88 Å². The Morgan fingerprint density at radius 2 is 2.15 bits per heavy atom. The van der Waals surface area contributed by atoms with Gasteiger partial charge in [0, 0.05) is 37.1 Å². The first-order valence-corrected chi connectivity index (χ1v) is 7.13. The molecule has 3 nitrogen and oxygen atoms in total. The smallest absolute Gasteiger partial charge is 0.219 e. The molecule has 1 N–H and O–H groups in total. The number of aromatic nitrogens is 1. The summed E-state index contributed by atoms with van der Waals surface area (Å²) in [5, 5.41) is 0.940. The molecule has 0 aliphatic heterocycles. The minimum Gasteiger partial charge on any atom is -0.361 e. The van der Waals surface area contributed by atoms with Crippen LogP contribution >= 0.6 is 0 Å². The van der Waals surface area contributed by atoms with E-state index in [1.165, 1.54) is 6.07 Å². The van der Waals surface area contributed by atoms with E-state index in [0.29, 0.717) is 0 Å². The van der Waals surface area contributed by atoms with Crippen LogP contribution in [-0.2, 0) is 11.2 Å². The predicted octanol–water partition coefficient (Wildman–Crippen LogP) is 3.50. The van der Waals surface area contributed by atoms with Gasteiger partial charge in [-0.2, -0.15) is 0 Å². The number of H-pyrrole nitrogens is 1. The van der Waals surface area contributed by atoms with Crippen LogP contribution in [0.1, 0.15) is 32.3 Å². The second-order valence-corrected chi connectivity index (χ2v) is 5.11. The average molecular weight is 276 g/mol. The Kier molecular flexibility index (Phi) is 4.77. The third-order valence-electron chi connectivity index (χ3n) is 3.54. The van der Waals surface area contributed by atoms with Gasteiger partial charge < -0.3 is 9.88 Å². The summed E-state index contributed by atoms with van der Waals surface area (Å²) in [5.41, 5.74) is 2.07. The Hall–Kier alpha value is -1.84. The molecule has 0 atom stereocenters. The quantitative estimate of drug-likeness (QED) is 0.861. The Morgan fingerprint density at radius 3 is 2.85 bits per heavy atom.